The number of methoxy groups -OCH3 is 1. The Morgan fingerprint density at radius 3 is 2.43 bits per heavy atom. The molecule has 3 aromatic carbocycles. The summed E-state index contributed by atoms with van der Waals surface area (Å²) < 4.78 is 13.6. The Hall–Kier alpha value is -3.37. The van der Waals surface area contributed by atoms with Crippen LogP contribution < -0.4 is 4.74 Å². The van der Waals surface area contributed by atoms with E-state index in [-0.39, 0.29) is 0 Å². The van der Waals surface area contributed by atoms with Crippen molar-refractivity contribution in [2.24, 2.45) is 0 Å². The van der Waals surface area contributed by atoms with Crippen molar-refractivity contribution in [2.75, 3.05) is 13.7 Å². The van der Waals surface area contributed by atoms with Crippen molar-refractivity contribution in [3.63, 3.8) is 0 Å². The SMILES string of the molecule is COc1ccc2c(c1)cc(-c1ccc(CC=O)cc1)n2CCOCc1ccccc1. The third-order valence-electron chi connectivity index (χ3n) is 5.25. The number of rotatable bonds is 9. The smallest absolute Gasteiger partial charge is 0.124 e. The first-order valence-electron chi connectivity index (χ1n) is 10.1. The van der Waals surface area contributed by atoms with Crippen LogP contribution in [0.2, 0.25) is 0 Å². The van der Waals surface area contributed by atoms with Gasteiger partial charge in [-0.1, -0.05) is 54.6 Å². The molecule has 0 saturated heterocycles. The van der Waals surface area contributed by atoms with Gasteiger partial charge in [-0.15, -0.1) is 0 Å². The highest BCUT2D eigenvalue weighted by molar-refractivity contribution is 5.88. The lowest BCUT2D eigenvalue weighted by Crippen LogP contribution is -2.07. The van der Waals surface area contributed by atoms with Gasteiger partial charge in [0.1, 0.15) is 12.0 Å². The molecule has 4 heteroatoms. The molecule has 0 aliphatic rings. The summed E-state index contributed by atoms with van der Waals surface area (Å²) in [5.74, 6) is 0.841. The van der Waals surface area contributed by atoms with Crippen molar-refractivity contribution in [1.29, 1.82) is 0 Å². The van der Waals surface area contributed by atoms with Crippen molar-refractivity contribution >= 4 is 17.2 Å². The second-order valence-corrected chi connectivity index (χ2v) is 7.21. The Morgan fingerprint density at radius 2 is 1.70 bits per heavy atom. The molecule has 152 valence electrons. The Balaban J connectivity index is 1.60. The highest BCUT2D eigenvalue weighted by Gasteiger charge is 2.12. The van der Waals surface area contributed by atoms with E-state index in [1.165, 1.54) is 5.56 Å². The van der Waals surface area contributed by atoms with Crippen LogP contribution in [0.5, 0.6) is 5.75 Å². The van der Waals surface area contributed by atoms with E-state index in [4.69, 9.17) is 9.47 Å². The number of fused-ring (bicyclic) bond motifs is 1. The van der Waals surface area contributed by atoms with Crippen LogP contribution in [0.25, 0.3) is 22.2 Å². The molecular formula is C26H25NO3. The van der Waals surface area contributed by atoms with E-state index in [0.717, 1.165) is 46.3 Å². The summed E-state index contributed by atoms with van der Waals surface area (Å²) in [5.41, 5.74) is 5.57. The Labute approximate surface area is 176 Å². The summed E-state index contributed by atoms with van der Waals surface area (Å²) >= 11 is 0. The largest absolute Gasteiger partial charge is 0.497 e. The maximum atomic E-state index is 10.8. The minimum absolute atomic E-state index is 0.438. The molecule has 0 radical (unpaired) electrons. The monoisotopic (exact) mass is 399 g/mol. The van der Waals surface area contributed by atoms with Crippen LogP contribution in [0.3, 0.4) is 0 Å². The minimum atomic E-state index is 0.438. The quantitative estimate of drug-likeness (QED) is 0.284. The lowest BCUT2D eigenvalue weighted by molar-refractivity contribution is -0.107. The van der Waals surface area contributed by atoms with Gasteiger partial charge in [-0.05, 0) is 41.0 Å². The van der Waals surface area contributed by atoms with Crippen molar-refractivity contribution in [3.05, 3.63) is 90.0 Å². The van der Waals surface area contributed by atoms with Crippen molar-refractivity contribution in [3.8, 4) is 17.0 Å². The molecule has 1 heterocycles. The van der Waals surface area contributed by atoms with Crippen molar-refractivity contribution < 1.29 is 14.3 Å². The van der Waals surface area contributed by atoms with E-state index >= 15 is 0 Å². The van der Waals surface area contributed by atoms with Crippen LogP contribution in [0.1, 0.15) is 11.1 Å². The molecule has 0 aliphatic heterocycles. The molecule has 0 atom stereocenters. The van der Waals surface area contributed by atoms with Crippen LogP contribution in [0, 0.1) is 0 Å². The van der Waals surface area contributed by atoms with Crippen molar-refractivity contribution in [1.82, 2.24) is 4.57 Å². The molecule has 0 spiro atoms. The van der Waals surface area contributed by atoms with Crippen LogP contribution in [0.4, 0.5) is 0 Å². The number of ether oxygens (including phenoxy) is 2. The molecule has 4 aromatic rings. The van der Waals surface area contributed by atoms with Gasteiger partial charge in [0.2, 0.25) is 0 Å². The summed E-state index contributed by atoms with van der Waals surface area (Å²) in [6.45, 7) is 1.96. The number of benzene rings is 3. The van der Waals surface area contributed by atoms with Gasteiger partial charge in [-0.3, -0.25) is 0 Å². The molecule has 4 nitrogen and oxygen atoms in total. The van der Waals surface area contributed by atoms with Gasteiger partial charge in [0.05, 0.1) is 20.3 Å². The van der Waals surface area contributed by atoms with Gasteiger partial charge < -0.3 is 18.8 Å². The zero-order valence-electron chi connectivity index (χ0n) is 17.1. The number of aldehydes is 1. The van der Waals surface area contributed by atoms with Crippen LogP contribution >= 0.6 is 0 Å². The molecule has 4 rings (SSSR count). The summed E-state index contributed by atoms with van der Waals surface area (Å²) in [6.07, 6.45) is 1.37. The number of hydrogen-bond donors (Lipinski definition) is 0. The Morgan fingerprint density at radius 1 is 0.900 bits per heavy atom. The number of aromatic nitrogens is 1. The maximum Gasteiger partial charge on any atom is 0.124 e. The number of carbonyl (C=O) groups excluding carboxylic acids is 1. The topological polar surface area (TPSA) is 40.5 Å². The molecule has 0 saturated carbocycles. The first-order valence-corrected chi connectivity index (χ1v) is 10.1. The predicted molar refractivity (Wildman–Crippen MR) is 120 cm³/mol. The van der Waals surface area contributed by atoms with Gasteiger partial charge in [-0.25, -0.2) is 0 Å². The van der Waals surface area contributed by atoms with E-state index in [2.05, 4.69) is 47.0 Å². The van der Waals surface area contributed by atoms with Gasteiger partial charge in [0.25, 0.3) is 0 Å². The van der Waals surface area contributed by atoms with Gasteiger partial charge in [0.15, 0.2) is 0 Å². The van der Waals surface area contributed by atoms with Gasteiger partial charge in [0, 0.05) is 29.6 Å². The first kappa shape index (κ1) is 19.9. The van der Waals surface area contributed by atoms with Crippen LogP contribution in [0.15, 0.2) is 78.9 Å². The van der Waals surface area contributed by atoms with E-state index in [1.54, 1.807) is 7.11 Å². The normalized spacial score (nSPS) is 11.0. The van der Waals surface area contributed by atoms with E-state index < -0.39 is 0 Å². The maximum absolute atomic E-state index is 10.8. The Kier molecular flexibility index (Phi) is 6.26. The molecule has 0 aliphatic carbocycles. The number of carbonyl (C=O) groups is 1. The average Bonchev–Trinajstić information content (AvgIpc) is 3.15. The lowest BCUT2D eigenvalue weighted by Gasteiger charge is -2.12. The standard InChI is InChI=1S/C26H25NO3/c1-29-24-11-12-25-23(17-24)18-26(22-9-7-20(8-10-22)13-15-28)27(25)14-16-30-19-21-5-3-2-4-6-21/h2-12,15,17-18H,13-14,16,19H2,1H3. The predicted octanol–water partition coefficient (Wildman–Crippen LogP) is 5.28. The molecule has 30 heavy (non-hydrogen) atoms. The Bertz CT molecular complexity index is 1110. The fraction of sp³-hybridized carbons (Fsp3) is 0.192. The number of hydrogen-bond acceptors (Lipinski definition) is 3. The fourth-order valence-electron chi connectivity index (χ4n) is 3.68. The zero-order valence-corrected chi connectivity index (χ0v) is 17.1. The minimum Gasteiger partial charge on any atom is -0.497 e. The van der Waals surface area contributed by atoms with Crippen LogP contribution in [-0.2, 0) is 29.1 Å². The molecule has 1 aromatic heterocycles. The second kappa shape index (κ2) is 9.42. The average molecular weight is 399 g/mol. The molecule has 0 N–H and O–H groups in total. The summed E-state index contributed by atoms with van der Waals surface area (Å²) in [4.78, 5) is 10.8. The highest BCUT2D eigenvalue weighted by Crippen LogP contribution is 2.31. The first-order chi connectivity index (χ1) is 14.8. The van der Waals surface area contributed by atoms with Gasteiger partial charge >= 0.3 is 0 Å². The highest BCUT2D eigenvalue weighted by atomic mass is 16.5. The number of nitrogens with zero attached hydrogens (tertiary/aromatic N) is 1. The van der Waals surface area contributed by atoms with E-state index in [9.17, 15) is 4.79 Å². The lowest BCUT2D eigenvalue weighted by atomic mass is 10.1. The van der Waals surface area contributed by atoms with Crippen LogP contribution in [-0.4, -0.2) is 24.6 Å². The zero-order chi connectivity index (χ0) is 20.8. The van der Waals surface area contributed by atoms with Gasteiger partial charge in [-0.2, -0.15) is 0 Å². The van der Waals surface area contributed by atoms with E-state index in [1.807, 2.05) is 36.4 Å². The molecule has 0 amide bonds. The molecular weight excluding hydrogens is 374 g/mol. The molecule has 0 unspecified atom stereocenters. The second-order valence-electron chi connectivity index (χ2n) is 7.21. The van der Waals surface area contributed by atoms with E-state index in [0.29, 0.717) is 19.6 Å². The molecule has 0 fully saturated rings. The third-order valence-corrected chi connectivity index (χ3v) is 5.25. The third kappa shape index (κ3) is 4.44. The summed E-state index contributed by atoms with van der Waals surface area (Å²) in [6, 6.07) is 26.7. The fourth-order valence-corrected chi connectivity index (χ4v) is 3.68. The van der Waals surface area contributed by atoms with Crippen molar-refractivity contribution in [2.45, 2.75) is 19.6 Å². The molecule has 0 bridgehead atoms. The summed E-state index contributed by atoms with van der Waals surface area (Å²) in [5, 5.41) is 1.13. The summed E-state index contributed by atoms with van der Waals surface area (Å²) in [7, 11) is 1.68.